The Labute approximate surface area is 162 Å². The van der Waals surface area contributed by atoms with Crippen LogP contribution in [0.1, 0.15) is 10.4 Å². The number of primary amides is 1. The number of hydrogen-bond acceptors (Lipinski definition) is 3. The molecule has 5 heteroatoms. The maximum absolute atomic E-state index is 12.5. The highest BCUT2D eigenvalue weighted by Gasteiger charge is 2.14. The molecule has 0 atom stereocenters. The number of hydrogen-bond donors (Lipinski definition) is 1. The summed E-state index contributed by atoms with van der Waals surface area (Å²) in [5.41, 5.74) is 8.87. The summed E-state index contributed by atoms with van der Waals surface area (Å²) < 4.78 is 0. The minimum atomic E-state index is -0.536. The van der Waals surface area contributed by atoms with Crippen LogP contribution in [0.5, 0.6) is 0 Å². The van der Waals surface area contributed by atoms with Gasteiger partial charge in [0, 0.05) is 24.2 Å². The zero-order chi connectivity index (χ0) is 19.7. The number of likely N-dealkylation sites (N-methyl/N-ethyl adjacent to an activating group) is 1. The zero-order valence-corrected chi connectivity index (χ0v) is 15.4. The summed E-state index contributed by atoms with van der Waals surface area (Å²) in [5.74, 6) is -0.768. The van der Waals surface area contributed by atoms with Crippen LogP contribution in [0, 0.1) is 0 Å². The Hall–Kier alpha value is -3.73. The van der Waals surface area contributed by atoms with Crippen LogP contribution in [-0.4, -0.2) is 35.3 Å². The van der Waals surface area contributed by atoms with Crippen LogP contribution < -0.4 is 5.73 Å². The topological polar surface area (TPSA) is 76.3 Å². The number of fused-ring (bicyclic) bond motifs is 2. The number of benzene rings is 3. The molecule has 2 N–H and O–H groups in total. The van der Waals surface area contributed by atoms with Gasteiger partial charge >= 0.3 is 0 Å². The van der Waals surface area contributed by atoms with Crippen LogP contribution in [0.4, 0.5) is 0 Å². The van der Waals surface area contributed by atoms with E-state index in [1.807, 2.05) is 42.5 Å². The van der Waals surface area contributed by atoms with Crippen molar-refractivity contribution in [3.63, 3.8) is 0 Å². The molecule has 0 bridgehead atoms. The fraction of sp³-hybridized carbons (Fsp3) is 0.0870. The molecule has 3 aromatic carbocycles. The van der Waals surface area contributed by atoms with Crippen molar-refractivity contribution in [3.8, 4) is 11.1 Å². The number of rotatable bonds is 4. The number of amides is 2. The van der Waals surface area contributed by atoms with Gasteiger partial charge in [0.05, 0.1) is 12.1 Å². The van der Waals surface area contributed by atoms with E-state index in [1.165, 1.54) is 4.90 Å². The highest BCUT2D eigenvalue weighted by atomic mass is 16.2. The van der Waals surface area contributed by atoms with Gasteiger partial charge in [0.1, 0.15) is 0 Å². The van der Waals surface area contributed by atoms with Crippen LogP contribution in [0.15, 0.2) is 72.9 Å². The highest BCUT2D eigenvalue weighted by Crippen LogP contribution is 2.30. The molecule has 0 saturated heterocycles. The number of aromatic nitrogens is 1. The third kappa shape index (κ3) is 3.30. The minimum absolute atomic E-state index is 0.106. The van der Waals surface area contributed by atoms with Crippen LogP contribution in [0.2, 0.25) is 0 Å². The fourth-order valence-electron chi connectivity index (χ4n) is 3.43. The molecule has 0 aliphatic rings. The molecule has 0 spiro atoms. The Kier molecular flexibility index (Phi) is 4.49. The Morgan fingerprint density at radius 3 is 2.57 bits per heavy atom. The predicted molar refractivity (Wildman–Crippen MR) is 111 cm³/mol. The van der Waals surface area contributed by atoms with Crippen LogP contribution >= 0.6 is 0 Å². The second-order valence-electron chi connectivity index (χ2n) is 6.78. The Morgan fingerprint density at radius 2 is 1.75 bits per heavy atom. The number of carbonyl (C=O) groups is 2. The summed E-state index contributed by atoms with van der Waals surface area (Å²) in [6.07, 6.45) is 1.79. The van der Waals surface area contributed by atoms with Crippen LogP contribution in [-0.2, 0) is 4.79 Å². The van der Waals surface area contributed by atoms with E-state index in [1.54, 1.807) is 19.3 Å². The number of nitrogens with zero attached hydrogens (tertiary/aromatic N) is 2. The van der Waals surface area contributed by atoms with Gasteiger partial charge in [-0.1, -0.05) is 36.4 Å². The van der Waals surface area contributed by atoms with Crippen molar-refractivity contribution in [3.05, 3.63) is 78.5 Å². The van der Waals surface area contributed by atoms with E-state index < -0.39 is 5.91 Å². The Bertz CT molecular complexity index is 1210. The lowest BCUT2D eigenvalue weighted by molar-refractivity contribution is -0.118. The average Bonchev–Trinajstić information content (AvgIpc) is 2.71. The van der Waals surface area contributed by atoms with Crippen LogP contribution in [0.3, 0.4) is 0 Å². The molecule has 28 heavy (non-hydrogen) atoms. The first-order valence-corrected chi connectivity index (χ1v) is 8.94. The first-order chi connectivity index (χ1) is 13.5. The summed E-state index contributed by atoms with van der Waals surface area (Å²) in [5, 5.41) is 3.09. The van der Waals surface area contributed by atoms with Gasteiger partial charge in [-0.25, -0.2) is 0 Å². The largest absolute Gasteiger partial charge is 0.368 e. The third-order valence-corrected chi connectivity index (χ3v) is 4.78. The molecule has 0 aliphatic carbocycles. The first kappa shape index (κ1) is 17.7. The SMILES string of the molecule is CN(CC(N)=O)C(=O)c1ccc2cc(-c3cccc4ncccc34)ccc2c1. The van der Waals surface area contributed by atoms with Crippen molar-refractivity contribution >= 4 is 33.5 Å². The van der Waals surface area contributed by atoms with Crippen LogP contribution in [0.25, 0.3) is 32.8 Å². The van der Waals surface area contributed by atoms with Crippen molar-refractivity contribution in [1.82, 2.24) is 9.88 Å². The lowest BCUT2D eigenvalue weighted by Crippen LogP contribution is -2.35. The van der Waals surface area contributed by atoms with Crippen molar-refractivity contribution in [1.29, 1.82) is 0 Å². The quantitative estimate of drug-likeness (QED) is 0.597. The van der Waals surface area contributed by atoms with Gasteiger partial charge in [-0.15, -0.1) is 0 Å². The molecule has 138 valence electrons. The molecule has 4 aromatic rings. The smallest absolute Gasteiger partial charge is 0.254 e. The molecule has 0 radical (unpaired) electrons. The van der Waals surface area contributed by atoms with Crippen molar-refractivity contribution in [2.45, 2.75) is 0 Å². The molecule has 2 amide bonds. The maximum Gasteiger partial charge on any atom is 0.254 e. The average molecular weight is 369 g/mol. The number of pyridine rings is 1. The van der Waals surface area contributed by atoms with Gasteiger partial charge in [0.15, 0.2) is 0 Å². The van der Waals surface area contributed by atoms with E-state index in [0.29, 0.717) is 5.56 Å². The number of carbonyl (C=O) groups excluding carboxylic acids is 2. The first-order valence-electron chi connectivity index (χ1n) is 8.94. The van der Waals surface area contributed by atoms with E-state index in [0.717, 1.165) is 32.8 Å². The van der Waals surface area contributed by atoms with E-state index in [9.17, 15) is 9.59 Å². The maximum atomic E-state index is 12.5. The lowest BCUT2D eigenvalue weighted by Gasteiger charge is -2.15. The molecular formula is C23H19N3O2. The molecule has 0 saturated carbocycles. The summed E-state index contributed by atoms with van der Waals surface area (Å²) in [6.45, 7) is -0.106. The van der Waals surface area contributed by atoms with Crippen molar-refractivity contribution in [2.24, 2.45) is 5.73 Å². The molecule has 0 unspecified atom stereocenters. The second kappa shape index (κ2) is 7.12. The number of nitrogens with two attached hydrogens (primary N) is 1. The summed E-state index contributed by atoms with van der Waals surface area (Å²) in [6, 6.07) is 21.8. The lowest BCUT2D eigenvalue weighted by atomic mass is 9.97. The van der Waals surface area contributed by atoms with Gasteiger partial charge < -0.3 is 10.6 Å². The molecule has 0 aliphatic heterocycles. The normalized spacial score (nSPS) is 10.9. The second-order valence-corrected chi connectivity index (χ2v) is 6.78. The summed E-state index contributed by atoms with van der Waals surface area (Å²) in [4.78, 5) is 29.3. The van der Waals surface area contributed by atoms with Gasteiger partial charge in [0.2, 0.25) is 5.91 Å². The predicted octanol–water partition coefficient (Wildman–Crippen LogP) is 3.61. The Balaban J connectivity index is 1.73. The van der Waals surface area contributed by atoms with E-state index in [-0.39, 0.29) is 12.5 Å². The summed E-state index contributed by atoms with van der Waals surface area (Å²) >= 11 is 0. The Morgan fingerprint density at radius 1 is 0.964 bits per heavy atom. The van der Waals surface area contributed by atoms with E-state index in [2.05, 4.69) is 23.2 Å². The van der Waals surface area contributed by atoms with Crippen molar-refractivity contribution < 1.29 is 9.59 Å². The van der Waals surface area contributed by atoms with Gasteiger partial charge in [0.25, 0.3) is 5.91 Å². The third-order valence-electron chi connectivity index (χ3n) is 4.78. The monoisotopic (exact) mass is 369 g/mol. The molecule has 5 nitrogen and oxygen atoms in total. The molecule has 0 fully saturated rings. The molecule has 1 heterocycles. The minimum Gasteiger partial charge on any atom is -0.368 e. The molecular weight excluding hydrogens is 350 g/mol. The fourth-order valence-corrected chi connectivity index (χ4v) is 3.43. The molecule has 1 aromatic heterocycles. The molecule has 4 rings (SSSR count). The summed E-state index contributed by atoms with van der Waals surface area (Å²) in [7, 11) is 1.56. The standard InChI is InChI=1S/C23H19N3O2/c1-26(14-22(24)27)23(28)18-10-8-15-12-17(9-7-16(15)13-18)19-4-2-6-21-20(19)5-3-11-25-21/h2-13H,14H2,1H3,(H2,24,27). The van der Waals surface area contributed by atoms with Gasteiger partial charge in [-0.3, -0.25) is 14.6 Å². The highest BCUT2D eigenvalue weighted by molar-refractivity contribution is 6.01. The van der Waals surface area contributed by atoms with Crippen molar-refractivity contribution in [2.75, 3.05) is 13.6 Å². The zero-order valence-electron chi connectivity index (χ0n) is 15.4. The van der Waals surface area contributed by atoms with E-state index >= 15 is 0 Å². The van der Waals surface area contributed by atoms with Gasteiger partial charge in [-0.05, 0) is 52.2 Å². The van der Waals surface area contributed by atoms with Gasteiger partial charge in [-0.2, -0.15) is 0 Å². The van der Waals surface area contributed by atoms with E-state index in [4.69, 9.17) is 5.73 Å².